The molecule has 278 valence electrons. The Hall–Kier alpha value is -7.46. The van der Waals surface area contributed by atoms with E-state index in [0.29, 0.717) is 11.7 Å². The Bertz CT molecular complexity index is 3480. The van der Waals surface area contributed by atoms with E-state index < -0.39 is 0 Å². The first kappa shape index (κ1) is 32.6. The minimum atomic E-state index is 0.504. The average molecular weight is 797 g/mol. The zero-order chi connectivity index (χ0) is 38.6. The largest absolute Gasteiger partial charge is 0.456 e. The van der Waals surface area contributed by atoms with E-state index in [0.717, 1.165) is 92.7 Å². The number of nitrogens with zero attached hydrogens (tertiary/aromatic N) is 4. The van der Waals surface area contributed by atoms with Gasteiger partial charge in [0.25, 0.3) is 0 Å². The van der Waals surface area contributed by atoms with Gasteiger partial charge in [0, 0.05) is 60.7 Å². The van der Waals surface area contributed by atoms with Crippen LogP contribution in [0, 0.1) is 0 Å². The van der Waals surface area contributed by atoms with E-state index >= 15 is 0 Å². The summed E-state index contributed by atoms with van der Waals surface area (Å²) in [4.78, 5) is 14.5. The van der Waals surface area contributed by atoms with E-state index in [1.165, 1.54) is 14.8 Å². The molecule has 7 aromatic carbocycles. The summed E-state index contributed by atoms with van der Waals surface area (Å²) in [6, 6.07) is 56.7. The highest BCUT2D eigenvalue weighted by atomic mass is 32.1. The van der Waals surface area contributed by atoms with Crippen LogP contribution in [0.2, 0.25) is 0 Å². The van der Waals surface area contributed by atoms with Gasteiger partial charge in [-0.3, -0.25) is 4.90 Å². The number of furan rings is 3. The van der Waals surface area contributed by atoms with Crippen molar-refractivity contribution in [3.05, 3.63) is 170 Å². The third-order valence-electron chi connectivity index (χ3n) is 11.2. The number of thiophene rings is 2. The van der Waals surface area contributed by atoms with Crippen molar-refractivity contribution in [2.75, 3.05) is 9.80 Å². The highest BCUT2D eigenvalue weighted by Crippen LogP contribution is 2.46. The molecule has 9 heteroatoms. The van der Waals surface area contributed by atoms with Crippen LogP contribution in [-0.2, 0) is 0 Å². The molecule has 7 nitrogen and oxygen atoms in total. The average Bonchev–Trinajstić information content (AvgIpc) is 4.10. The van der Waals surface area contributed by atoms with E-state index in [9.17, 15) is 0 Å². The van der Waals surface area contributed by atoms with Crippen LogP contribution in [0.25, 0.3) is 86.1 Å². The number of hydrogen-bond acceptors (Lipinski definition) is 9. The molecule has 0 unspecified atom stereocenters. The lowest BCUT2D eigenvalue weighted by atomic mass is 10.1. The zero-order valence-electron chi connectivity index (χ0n) is 31.0. The summed E-state index contributed by atoms with van der Waals surface area (Å²) < 4.78 is 21.8. The predicted octanol–water partition coefficient (Wildman–Crippen LogP) is 15.5. The molecule has 0 saturated carbocycles. The first-order valence-corrected chi connectivity index (χ1v) is 20.9. The summed E-state index contributed by atoms with van der Waals surface area (Å²) in [6.45, 7) is 0. The topological polar surface area (TPSA) is 71.7 Å². The molecule has 6 aromatic heterocycles. The Kier molecular flexibility index (Phi) is 6.92. The highest BCUT2D eigenvalue weighted by molar-refractivity contribution is 7.23. The molecule has 0 radical (unpaired) electrons. The number of anilines is 6. The van der Waals surface area contributed by atoms with Crippen molar-refractivity contribution in [1.82, 2.24) is 9.97 Å². The number of benzene rings is 7. The van der Waals surface area contributed by atoms with Crippen molar-refractivity contribution in [1.29, 1.82) is 0 Å². The summed E-state index contributed by atoms with van der Waals surface area (Å²) in [5, 5.41) is 10.5. The fraction of sp³-hybridized carbons (Fsp3) is 0. The van der Waals surface area contributed by atoms with Gasteiger partial charge in [0.1, 0.15) is 37.9 Å². The fourth-order valence-corrected chi connectivity index (χ4v) is 10.6. The Morgan fingerprint density at radius 3 is 1.42 bits per heavy atom. The molecule has 13 rings (SSSR count). The number of rotatable bonds is 6. The molecule has 0 fully saturated rings. The summed E-state index contributed by atoms with van der Waals surface area (Å²) in [7, 11) is 0. The van der Waals surface area contributed by atoms with Crippen molar-refractivity contribution >= 4 is 142 Å². The van der Waals surface area contributed by atoms with Crippen LogP contribution < -0.4 is 9.80 Å². The number of para-hydroxylation sites is 2. The minimum absolute atomic E-state index is 0.504. The normalized spacial score (nSPS) is 12.1. The highest BCUT2D eigenvalue weighted by Gasteiger charge is 2.23. The van der Waals surface area contributed by atoms with Gasteiger partial charge in [-0.15, -0.1) is 22.7 Å². The van der Waals surface area contributed by atoms with Crippen LogP contribution in [-0.4, -0.2) is 9.97 Å². The van der Waals surface area contributed by atoms with Crippen molar-refractivity contribution < 1.29 is 13.3 Å². The number of hydrogen-bond donors (Lipinski definition) is 0. The van der Waals surface area contributed by atoms with Crippen LogP contribution in [0.3, 0.4) is 0 Å². The molecular weight excluding hydrogens is 769 g/mol. The molecule has 0 bridgehead atoms. The lowest BCUT2D eigenvalue weighted by Crippen LogP contribution is -2.11. The molecule has 0 aliphatic rings. The van der Waals surface area contributed by atoms with Crippen LogP contribution in [0.5, 0.6) is 0 Å². The molecule has 59 heavy (non-hydrogen) atoms. The first-order chi connectivity index (χ1) is 29.2. The van der Waals surface area contributed by atoms with E-state index in [2.05, 4.69) is 137 Å². The molecule has 0 aliphatic carbocycles. The molecule has 0 saturated heterocycles. The van der Waals surface area contributed by atoms with Gasteiger partial charge >= 0.3 is 0 Å². The molecule has 13 aromatic rings. The zero-order valence-corrected chi connectivity index (χ0v) is 32.6. The number of fused-ring (bicyclic) bond motifs is 11. The molecule has 0 N–H and O–H groups in total. The summed E-state index contributed by atoms with van der Waals surface area (Å²) in [6.07, 6.45) is 1.88. The van der Waals surface area contributed by atoms with Gasteiger partial charge in [0.05, 0.1) is 22.4 Å². The van der Waals surface area contributed by atoms with Crippen molar-refractivity contribution in [3.8, 4) is 0 Å². The van der Waals surface area contributed by atoms with Gasteiger partial charge in [-0.2, -0.15) is 4.98 Å². The SMILES string of the molecule is c1ccc2sc(N(c3ccc4c(c3)oc3ccccc34)c3ccc4c(c3)oc3nc(N(c5ccc6c(c5)oc5ccccc56)c5cc6ccccc6s5)ncc34)cc2c1. The fourth-order valence-electron chi connectivity index (χ4n) is 8.40. The quantitative estimate of drug-likeness (QED) is 0.166. The van der Waals surface area contributed by atoms with E-state index in [1.54, 1.807) is 22.7 Å². The smallest absolute Gasteiger partial charge is 0.238 e. The lowest BCUT2D eigenvalue weighted by molar-refractivity contribution is 0.653. The van der Waals surface area contributed by atoms with E-state index in [4.69, 9.17) is 23.2 Å². The van der Waals surface area contributed by atoms with Gasteiger partial charge in [-0.05, 0) is 83.6 Å². The minimum Gasteiger partial charge on any atom is -0.456 e. The van der Waals surface area contributed by atoms with Gasteiger partial charge in [0.15, 0.2) is 0 Å². The maximum atomic E-state index is 6.68. The monoisotopic (exact) mass is 796 g/mol. The second kappa shape index (κ2) is 12.5. The Morgan fingerprint density at radius 1 is 0.390 bits per heavy atom. The second-order valence-corrected chi connectivity index (χ2v) is 16.8. The maximum Gasteiger partial charge on any atom is 0.238 e. The van der Waals surface area contributed by atoms with Crippen molar-refractivity contribution in [3.63, 3.8) is 0 Å². The molecule has 0 spiro atoms. The van der Waals surface area contributed by atoms with Gasteiger partial charge in [0.2, 0.25) is 11.7 Å². The maximum absolute atomic E-state index is 6.68. The molecule has 0 atom stereocenters. The molecule has 0 amide bonds. The van der Waals surface area contributed by atoms with Crippen LogP contribution >= 0.6 is 22.7 Å². The predicted molar refractivity (Wildman–Crippen MR) is 244 cm³/mol. The molecule has 6 heterocycles. The third-order valence-corrected chi connectivity index (χ3v) is 13.4. The van der Waals surface area contributed by atoms with Gasteiger partial charge < -0.3 is 18.2 Å². The first-order valence-electron chi connectivity index (χ1n) is 19.3. The summed E-state index contributed by atoms with van der Waals surface area (Å²) in [5.41, 5.74) is 7.43. The lowest BCUT2D eigenvalue weighted by Gasteiger charge is -2.23. The van der Waals surface area contributed by atoms with Crippen LogP contribution in [0.15, 0.2) is 183 Å². The Balaban J connectivity index is 0.959. The van der Waals surface area contributed by atoms with E-state index in [-0.39, 0.29) is 0 Å². The van der Waals surface area contributed by atoms with E-state index in [1.807, 2.05) is 42.6 Å². The Morgan fingerprint density at radius 2 is 0.847 bits per heavy atom. The van der Waals surface area contributed by atoms with Crippen LogP contribution in [0.4, 0.5) is 33.0 Å². The molecular formula is C50H28N4O3S2. The van der Waals surface area contributed by atoms with Crippen LogP contribution in [0.1, 0.15) is 0 Å². The third kappa shape index (κ3) is 5.12. The molecule has 0 aliphatic heterocycles. The van der Waals surface area contributed by atoms with Gasteiger partial charge in [-0.25, -0.2) is 4.98 Å². The summed E-state index contributed by atoms with van der Waals surface area (Å²) in [5.74, 6) is 0.504. The summed E-state index contributed by atoms with van der Waals surface area (Å²) >= 11 is 3.44. The Labute approximate surface area is 343 Å². The van der Waals surface area contributed by atoms with Crippen molar-refractivity contribution in [2.45, 2.75) is 0 Å². The second-order valence-electron chi connectivity index (χ2n) is 14.6. The van der Waals surface area contributed by atoms with Crippen molar-refractivity contribution in [2.24, 2.45) is 0 Å². The number of aromatic nitrogens is 2. The standard InChI is InChI=1S/C50H28N4O3S2/c1-7-15-45-29(9-1)23-47(58-45)53(31-17-20-36-34-11-3-5-13-40(34)55-42(36)25-31)32-18-22-38-39-28-51-50(52-49(39)57-44(38)26-32)54(48-24-30-10-2-8-16-46(30)59-48)33-19-21-37-35-12-4-6-14-41(35)56-43(37)27-33/h1-28H. The van der Waals surface area contributed by atoms with Gasteiger partial charge in [-0.1, -0.05) is 72.8 Å².